The van der Waals surface area contributed by atoms with Gasteiger partial charge in [-0.2, -0.15) is 0 Å². The Hall–Kier alpha value is -1.96. The molecule has 4 aromatic rings. The molecule has 0 spiro atoms. The minimum Gasteiger partial charge on any atom is -1.00 e. The third-order valence-electron chi connectivity index (χ3n) is 8.56. The van der Waals surface area contributed by atoms with E-state index in [1.54, 1.807) is 11.1 Å². The van der Waals surface area contributed by atoms with Gasteiger partial charge in [-0.25, -0.2) is 0 Å². The van der Waals surface area contributed by atoms with Crippen LogP contribution in [0.2, 0.25) is 13.1 Å². The number of allylic oxidation sites excluding steroid dienone is 8. The predicted molar refractivity (Wildman–Crippen MR) is 165 cm³/mol. The van der Waals surface area contributed by atoms with Crippen molar-refractivity contribution < 1.29 is 45.2 Å². The molecular formula is C36H36Cl2SiZr. The van der Waals surface area contributed by atoms with Crippen LogP contribution in [0.5, 0.6) is 0 Å². The van der Waals surface area contributed by atoms with Gasteiger partial charge in [-0.3, -0.25) is 0 Å². The van der Waals surface area contributed by atoms with Crippen LogP contribution >= 0.6 is 0 Å². The number of fused-ring (bicyclic) bond motifs is 2. The van der Waals surface area contributed by atoms with Crippen molar-refractivity contribution in [3.05, 3.63) is 126 Å². The van der Waals surface area contributed by atoms with Gasteiger partial charge in [0.25, 0.3) is 0 Å². The number of halogens is 2. The van der Waals surface area contributed by atoms with Crippen LogP contribution in [0, 0.1) is 11.8 Å². The van der Waals surface area contributed by atoms with E-state index in [2.05, 4.69) is 138 Å². The van der Waals surface area contributed by atoms with Gasteiger partial charge in [0.15, 0.2) is 0 Å². The first-order valence-electron chi connectivity index (χ1n) is 13.9. The minimum atomic E-state index is -2.11. The standard InChI is InChI=1S/2C17H15.C2H6Si.2ClH.Zr/c2*1-12-10-13(2)17(11-12)16-9-5-7-14-6-3-4-8-15(14)16;1-3-2;;;/h2*3-9,11-12H,1-2H3;1-2H3;2*1H;/q;;;;;+2/p-2. The summed E-state index contributed by atoms with van der Waals surface area (Å²) in [6.07, 6.45) is 5.18. The molecule has 0 amide bonds. The van der Waals surface area contributed by atoms with Crippen molar-refractivity contribution in [2.45, 2.75) is 40.8 Å². The zero-order chi connectivity index (χ0) is 26.6. The molecule has 0 heterocycles. The smallest absolute Gasteiger partial charge is 1.00 e. The Morgan fingerprint density at radius 1 is 0.550 bits per heavy atom. The van der Waals surface area contributed by atoms with Crippen molar-refractivity contribution >= 4 is 38.1 Å². The zero-order valence-electron chi connectivity index (χ0n) is 24.1. The van der Waals surface area contributed by atoms with Gasteiger partial charge in [-0.1, -0.05) is 0 Å². The van der Waals surface area contributed by atoms with Crippen LogP contribution in [0.15, 0.2) is 115 Å². The van der Waals surface area contributed by atoms with E-state index < -0.39 is 25.8 Å². The van der Waals surface area contributed by atoms with Crippen molar-refractivity contribution in [1.29, 1.82) is 0 Å². The predicted octanol–water partition coefficient (Wildman–Crippen LogP) is 4.18. The number of rotatable bonds is 4. The summed E-state index contributed by atoms with van der Waals surface area (Å²) in [5.41, 5.74) is 8.50. The third-order valence-corrected chi connectivity index (χ3v) is 26.8. The molecule has 0 aromatic heterocycles. The van der Waals surface area contributed by atoms with E-state index in [9.17, 15) is 0 Å². The van der Waals surface area contributed by atoms with Crippen LogP contribution in [-0.4, -0.2) is 5.43 Å². The fourth-order valence-corrected chi connectivity index (χ4v) is 26.7. The van der Waals surface area contributed by atoms with Crippen LogP contribution in [0.25, 0.3) is 32.7 Å². The van der Waals surface area contributed by atoms with E-state index in [4.69, 9.17) is 0 Å². The normalized spacial score (nSPS) is 18.2. The van der Waals surface area contributed by atoms with Gasteiger partial charge in [-0.15, -0.1) is 0 Å². The van der Waals surface area contributed by atoms with Crippen molar-refractivity contribution in [2.75, 3.05) is 0 Å². The zero-order valence-corrected chi connectivity index (χ0v) is 29.1. The molecule has 2 aliphatic rings. The maximum Gasteiger partial charge on any atom is -1.00 e. The van der Waals surface area contributed by atoms with Gasteiger partial charge in [-0.05, 0) is 0 Å². The van der Waals surface area contributed by atoms with Crippen molar-refractivity contribution in [1.82, 2.24) is 0 Å². The summed E-state index contributed by atoms with van der Waals surface area (Å²) in [5, 5.41) is 5.42. The van der Waals surface area contributed by atoms with Crippen LogP contribution in [0.1, 0.15) is 38.8 Å². The summed E-state index contributed by atoms with van der Waals surface area (Å²) in [4.78, 5) is 0. The topological polar surface area (TPSA) is 0 Å². The second-order valence-electron chi connectivity index (χ2n) is 11.2. The van der Waals surface area contributed by atoms with E-state index in [0.717, 1.165) is 0 Å². The van der Waals surface area contributed by atoms with Gasteiger partial charge >= 0.3 is 237 Å². The average Bonchev–Trinajstić information content (AvgIpc) is 3.38. The molecule has 40 heavy (non-hydrogen) atoms. The second kappa shape index (κ2) is 12.5. The average molecular weight is 659 g/mol. The monoisotopic (exact) mass is 656 g/mol. The fraction of sp³-hybridized carbons (Fsp3) is 0.222. The maximum absolute atomic E-state index is 2.60. The quantitative estimate of drug-likeness (QED) is 0.289. The summed E-state index contributed by atoms with van der Waals surface area (Å²) in [6, 6.07) is 31.4. The van der Waals surface area contributed by atoms with E-state index in [-0.39, 0.29) is 24.8 Å². The molecule has 0 radical (unpaired) electrons. The summed E-state index contributed by atoms with van der Waals surface area (Å²) < 4.78 is 3.70. The molecule has 4 aromatic carbocycles. The molecule has 2 unspecified atom stereocenters. The SMILES string of the molecule is CC1=[C]([Zr+2]([C]2=C(C)C(c3cccc4ccccc34)=CC2C)=[Si](C)C)C(C)C=C1c1cccc2ccccc12.[Cl-].[Cl-]. The van der Waals surface area contributed by atoms with Crippen molar-refractivity contribution in [2.24, 2.45) is 11.8 Å². The van der Waals surface area contributed by atoms with Gasteiger partial charge in [0.2, 0.25) is 0 Å². The molecule has 6 rings (SSSR count). The summed E-state index contributed by atoms with van der Waals surface area (Å²) in [7, 11) is 0. The van der Waals surface area contributed by atoms with Crippen LogP contribution < -0.4 is 24.8 Å². The van der Waals surface area contributed by atoms with Gasteiger partial charge < -0.3 is 24.8 Å². The van der Waals surface area contributed by atoms with Crippen LogP contribution in [0.4, 0.5) is 0 Å². The van der Waals surface area contributed by atoms with E-state index in [1.807, 2.05) is 6.56 Å². The van der Waals surface area contributed by atoms with Crippen molar-refractivity contribution in [3.63, 3.8) is 0 Å². The molecule has 2 aliphatic carbocycles. The summed E-state index contributed by atoms with van der Waals surface area (Å²) in [6.45, 7) is 15.0. The number of hydrogen-bond donors (Lipinski definition) is 0. The molecule has 2 atom stereocenters. The Morgan fingerprint density at radius 3 is 1.32 bits per heavy atom. The maximum atomic E-state index is 2.60. The van der Waals surface area contributed by atoms with E-state index in [1.165, 1.54) is 43.8 Å². The Morgan fingerprint density at radius 2 is 0.925 bits per heavy atom. The fourth-order valence-electron chi connectivity index (χ4n) is 6.91. The van der Waals surface area contributed by atoms with E-state index in [0.29, 0.717) is 11.8 Å². The molecule has 0 aliphatic heterocycles. The molecule has 0 N–H and O–H groups in total. The Kier molecular flexibility index (Phi) is 9.68. The third kappa shape index (κ3) is 5.22. The van der Waals surface area contributed by atoms with Gasteiger partial charge in [0.1, 0.15) is 0 Å². The van der Waals surface area contributed by atoms with E-state index >= 15 is 0 Å². The molecule has 0 saturated heterocycles. The largest absolute Gasteiger partial charge is 1.00 e. The van der Waals surface area contributed by atoms with Crippen LogP contribution in [0.3, 0.4) is 0 Å². The second-order valence-corrected chi connectivity index (χ2v) is 28.1. The molecule has 0 fully saturated rings. The number of benzene rings is 4. The molecule has 0 saturated carbocycles. The molecule has 0 nitrogen and oxygen atoms in total. The summed E-state index contributed by atoms with van der Waals surface area (Å²) >= 11 is -2.11. The molecule has 0 bridgehead atoms. The first-order chi connectivity index (χ1) is 18.4. The van der Waals surface area contributed by atoms with Crippen molar-refractivity contribution in [3.8, 4) is 0 Å². The summed E-state index contributed by atoms with van der Waals surface area (Å²) in [5.74, 6) is 1.07. The Labute approximate surface area is 260 Å². The first kappa shape index (κ1) is 31.0. The molecule has 4 heteroatoms. The molecular weight excluding hydrogens is 623 g/mol. The Bertz CT molecular complexity index is 1650. The van der Waals surface area contributed by atoms with Crippen LogP contribution in [-0.2, 0) is 20.4 Å². The number of hydrogen-bond acceptors (Lipinski definition) is 0. The molecule has 202 valence electrons. The van der Waals surface area contributed by atoms with Gasteiger partial charge in [0.05, 0.1) is 0 Å². The Balaban J connectivity index is 0.00000185. The minimum absolute atomic E-state index is 0. The van der Waals surface area contributed by atoms with Gasteiger partial charge in [0, 0.05) is 0 Å². The first-order valence-corrected chi connectivity index (χ1v) is 22.5.